The van der Waals surface area contributed by atoms with Crippen molar-refractivity contribution in [3.8, 4) is 5.95 Å². The summed E-state index contributed by atoms with van der Waals surface area (Å²) in [6, 6.07) is 40.2. The molecule has 2 heterocycles. The first kappa shape index (κ1) is 25.4. The van der Waals surface area contributed by atoms with Crippen LogP contribution in [0.1, 0.15) is 44.7 Å². The van der Waals surface area contributed by atoms with Crippen molar-refractivity contribution in [1.29, 1.82) is 0 Å². The molecule has 0 saturated heterocycles. The molecule has 0 N–H and O–H groups in total. The average Bonchev–Trinajstić information content (AvgIpc) is 3.55. The quantitative estimate of drug-likeness (QED) is 0.187. The van der Waals surface area contributed by atoms with Crippen LogP contribution in [0.2, 0.25) is 0 Å². The van der Waals surface area contributed by atoms with Gasteiger partial charge in [-0.05, 0) is 94.8 Å². The molecule has 11 rings (SSSR count). The van der Waals surface area contributed by atoms with Gasteiger partial charge in [0.05, 0.1) is 22.2 Å². The molecule has 3 aliphatic carbocycles. The summed E-state index contributed by atoms with van der Waals surface area (Å²) in [5.74, 6) is 4.14. The van der Waals surface area contributed by atoms with Crippen LogP contribution < -0.4 is 0 Å². The molecule has 3 nitrogen and oxygen atoms in total. The molecule has 5 atom stereocenters. The van der Waals surface area contributed by atoms with Gasteiger partial charge >= 0.3 is 0 Å². The monoisotopic (exact) mass is 593 g/mol. The van der Waals surface area contributed by atoms with E-state index in [9.17, 15) is 0 Å². The van der Waals surface area contributed by atoms with Crippen LogP contribution in [-0.4, -0.2) is 14.5 Å². The predicted molar refractivity (Wildman–Crippen MR) is 191 cm³/mol. The maximum atomic E-state index is 5.85. The second-order valence-corrected chi connectivity index (χ2v) is 14.9. The zero-order valence-electron chi connectivity index (χ0n) is 26.1. The van der Waals surface area contributed by atoms with E-state index in [1.54, 1.807) is 0 Å². The van der Waals surface area contributed by atoms with E-state index in [4.69, 9.17) is 9.97 Å². The molecule has 0 aliphatic heterocycles. The van der Waals surface area contributed by atoms with E-state index in [-0.39, 0.29) is 5.41 Å². The normalized spacial score (nSPS) is 25.6. The van der Waals surface area contributed by atoms with Crippen LogP contribution in [0.15, 0.2) is 109 Å². The van der Waals surface area contributed by atoms with E-state index < -0.39 is 0 Å². The Morgan fingerprint density at radius 3 is 2.07 bits per heavy atom. The third-order valence-electron chi connectivity index (χ3n) is 12.4. The second kappa shape index (κ2) is 8.94. The first-order valence-electron chi connectivity index (χ1n) is 17.2. The summed E-state index contributed by atoms with van der Waals surface area (Å²) in [5, 5.41) is 11.4. The number of hydrogen-bond acceptors (Lipinski definition) is 2. The number of rotatable bonds is 2. The van der Waals surface area contributed by atoms with E-state index >= 15 is 0 Å². The molecule has 6 aromatic carbocycles. The van der Waals surface area contributed by atoms with Gasteiger partial charge in [0.2, 0.25) is 5.95 Å². The molecule has 2 bridgehead atoms. The fraction of sp³-hybridized carbons (Fsp3) is 0.256. The zero-order valence-corrected chi connectivity index (χ0v) is 26.1. The molecule has 8 aromatic rings. The van der Waals surface area contributed by atoms with Gasteiger partial charge < -0.3 is 0 Å². The summed E-state index contributed by atoms with van der Waals surface area (Å²) in [6.07, 6.45) is 6.58. The Kier molecular flexibility index (Phi) is 4.94. The summed E-state index contributed by atoms with van der Waals surface area (Å²) in [4.78, 5) is 11.4. The minimum atomic E-state index is 0.0909. The highest BCUT2D eigenvalue weighted by Gasteiger charge is 2.58. The Balaban J connectivity index is 1.31. The Morgan fingerprint density at radius 1 is 0.587 bits per heavy atom. The van der Waals surface area contributed by atoms with E-state index in [0.717, 1.165) is 29.2 Å². The average molecular weight is 594 g/mol. The van der Waals surface area contributed by atoms with Crippen LogP contribution in [0, 0.1) is 23.7 Å². The summed E-state index contributed by atoms with van der Waals surface area (Å²) in [7, 11) is 0. The molecule has 3 aliphatic rings. The number of nitrogens with zero attached hydrogens (tertiary/aromatic N) is 3. The predicted octanol–water partition coefficient (Wildman–Crippen LogP) is 10.9. The third kappa shape index (κ3) is 3.28. The molecule has 3 heteroatoms. The van der Waals surface area contributed by atoms with Crippen LogP contribution >= 0.6 is 0 Å². The molecule has 46 heavy (non-hydrogen) atoms. The first-order chi connectivity index (χ1) is 22.6. The van der Waals surface area contributed by atoms with Crippen molar-refractivity contribution < 1.29 is 0 Å². The highest BCUT2D eigenvalue weighted by molar-refractivity contribution is 6.25. The minimum Gasteiger partial charge on any atom is -0.277 e. The van der Waals surface area contributed by atoms with Crippen molar-refractivity contribution in [2.45, 2.75) is 44.4 Å². The largest absolute Gasteiger partial charge is 0.277 e. The molecule has 3 unspecified atom stereocenters. The van der Waals surface area contributed by atoms with Gasteiger partial charge in [0.25, 0.3) is 0 Å². The molecule has 3 saturated carbocycles. The van der Waals surface area contributed by atoms with Gasteiger partial charge in [-0.3, -0.25) is 4.57 Å². The Morgan fingerprint density at radius 2 is 1.26 bits per heavy atom. The van der Waals surface area contributed by atoms with Crippen molar-refractivity contribution >= 4 is 65.0 Å². The summed E-state index contributed by atoms with van der Waals surface area (Å²) in [6.45, 7) is 2.50. The number of hydrogen-bond donors (Lipinski definition) is 0. The van der Waals surface area contributed by atoms with Gasteiger partial charge in [0.1, 0.15) is 0 Å². The molecule has 2 aromatic heterocycles. The molecule has 0 spiro atoms. The summed E-state index contributed by atoms with van der Waals surface area (Å²) < 4.78 is 2.40. The first-order valence-corrected chi connectivity index (χ1v) is 17.2. The van der Waals surface area contributed by atoms with Crippen LogP contribution in [0.4, 0.5) is 0 Å². The lowest BCUT2D eigenvalue weighted by atomic mass is 9.63. The van der Waals surface area contributed by atoms with E-state index in [1.165, 1.54) is 97.3 Å². The van der Waals surface area contributed by atoms with Gasteiger partial charge in [-0.1, -0.05) is 104 Å². The Labute approximate surface area is 267 Å². The third-order valence-corrected chi connectivity index (χ3v) is 12.4. The second-order valence-electron chi connectivity index (χ2n) is 14.9. The number of fused-ring (bicyclic) bond motifs is 11. The van der Waals surface area contributed by atoms with Crippen molar-refractivity contribution in [2.75, 3.05) is 0 Å². The highest BCUT2D eigenvalue weighted by atomic mass is 15.2. The molecular weight excluding hydrogens is 558 g/mol. The van der Waals surface area contributed by atoms with Crippen molar-refractivity contribution in [3.05, 3.63) is 115 Å². The van der Waals surface area contributed by atoms with Crippen molar-refractivity contribution in [2.24, 2.45) is 23.7 Å². The lowest BCUT2D eigenvalue weighted by molar-refractivity contribution is 0.0779. The lowest BCUT2D eigenvalue weighted by Crippen LogP contribution is -2.34. The Hall–Kier alpha value is -4.76. The standard InChI is InChI=1S/C43H35N3/c1-25-20-29-21-30-23-43(22-25,24-35(29)30)41-39-32-12-6-3-8-26(32)15-18-36(39)44-42(45-41)46-37-19-16-27-9-2-5-11-31(27)38(37)34-17-14-28-10-4-7-13-33(28)40(34)46/h2-19,25,29-30,35H,20-24H2,1H3/t25-,29?,30-,35?,43?/m0/s1. The van der Waals surface area contributed by atoms with Crippen molar-refractivity contribution in [1.82, 2.24) is 14.5 Å². The smallest absolute Gasteiger partial charge is 0.235 e. The summed E-state index contributed by atoms with van der Waals surface area (Å²) in [5.41, 5.74) is 4.84. The maximum absolute atomic E-state index is 5.85. The molecule has 0 radical (unpaired) electrons. The molecule has 3 fully saturated rings. The highest BCUT2D eigenvalue weighted by Crippen LogP contribution is 2.65. The van der Waals surface area contributed by atoms with E-state index in [0.29, 0.717) is 5.92 Å². The van der Waals surface area contributed by atoms with Gasteiger partial charge in [-0.15, -0.1) is 0 Å². The lowest BCUT2D eigenvalue weighted by Gasteiger charge is -2.42. The van der Waals surface area contributed by atoms with E-state index in [1.807, 2.05) is 0 Å². The van der Waals surface area contributed by atoms with Crippen LogP contribution in [0.3, 0.4) is 0 Å². The van der Waals surface area contributed by atoms with Crippen LogP contribution in [-0.2, 0) is 5.41 Å². The number of aromatic nitrogens is 3. The van der Waals surface area contributed by atoms with Gasteiger partial charge in [-0.2, -0.15) is 0 Å². The fourth-order valence-corrected chi connectivity index (χ4v) is 10.7. The SMILES string of the molecule is C[C@H]1CC2C[C@H]3CC(c4nc(-n5c6ccc7ccccc7c6c6ccc7ccccc7c65)nc5ccc6ccccc6c45)(CC23)C1. The fourth-order valence-electron chi connectivity index (χ4n) is 10.7. The molecule has 222 valence electrons. The maximum Gasteiger partial charge on any atom is 0.235 e. The Bertz CT molecular complexity index is 2570. The van der Waals surface area contributed by atoms with Gasteiger partial charge in [-0.25, -0.2) is 9.97 Å². The van der Waals surface area contributed by atoms with Crippen molar-refractivity contribution in [3.63, 3.8) is 0 Å². The van der Waals surface area contributed by atoms with Crippen LogP contribution in [0.5, 0.6) is 0 Å². The van der Waals surface area contributed by atoms with Gasteiger partial charge in [0.15, 0.2) is 0 Å². The van der Waals surface area contributed by atoms with E-state index in [2.05, 4.69) is 121 Å². The topological polar surface area (TPSA) is 30.7 Å². The molecular formula is C43H35N3. The summed E-state index contributed by atoms with van der Waals surface area (Å²) >= 11 is 0. The minimum absolute atomic E-state index is 0.0909. The van der Waals surface area contributed by atoms with Crippen LogP contribution in [0.25, 0.3) is 71.0 Å². The van der Waals surface area contributed by atoms with Gasteiger partial charge in [0, 0.05) is 27.0 Å². The number of benzene rings is 6. The zero-order chi connectivity index (χ0) is 30.1. The molecule has 0 amide bonds.